The van der Waals surface area contributed by atoms with Crippen LogP contribution in [0.15, 0.2) is 73.2 Å². The van der Waals surface area contributed by atoms with Gasteiger partial charge in [-0.2, -0.15) is 0 Å². The Kier molecular flexibility index (Phi) is 7.99. The molecule has 4 rings (SSSR count). The van der Waals surface area contributed by atoms with Crippen molar-refractivity contribution in [2.45, 2.75) is 98.7 Å². The lowest BCUT2D eigenvalue weighted by Gasteiger charge is -2.41. The van der Waals surface area contributed by atoms with Crippen LogP contribution in [0.3, 0.4) is 0 Å². The number of nitrogens with one attached hydrogen (secondary N) is 2. The summed E-state index contributed by atoms with van der Waals surface area (Å²) in [5.74, 6) is 2.76. The summed E-state index contributed by atoms with van der Waals surface area (Å²) in [6.45, 7) is 35.2. The van der Waals surface area contributed by atoms with Crippen LogP contribution in [0.5, 0.6) is 0 Å². The molecule has 0 amide bonds. The number of likely N-dealkylation sites (tertiary alicyclic amines) is 1. The van der Waals surface area contributed by atoms with Crippen molar-refractivity contribution in [3.05, 3.63) is 84.4 Å². The van der Waals surface area contributed by atoms with Crippen molar-refractivity contribution in [1.82, 2.24) is 15.5 Å². The first kappa shape index (κ1) is 28.6. The van der Waals surface area contributed by atoms with E-state index >= 15 is 0 Å². The molecule has 2 aliphatic carbocycles. The van der Waals surface area contributed by atoms with Gasteiger partial charge in [0.2, 0.25) is 0 Å². The monoisotopic (exact) mass is 515 g/mol. The van der Waals surface area contributed by atoms with Gasteiger partial charge < -0.3 is 15.5 Å². The highest BCUT2D eigenvalue weighted by Gasteiger charge is 2.67. The third-order valence-corrected chi connectivity index (χ3v) is 9.95. The van der Waals surface area contributed by atoms with Gasteiger partial charge in [-0.05, 0) is 78.7 Å². The van der Waals surface area contributed by atoms with Gasteiger partial charge in [0.1, 0.15) is 0 Å². The molecule has 1 aromatic carbocycles. The van der Waals surface area contributed by atoms with E-state index in [9.17, 15) is 0 Å². The minimum atomic E-state index is 0.113. The average Bonchev–Trinajstić information content (AvgIpc) is 3.22. The smallest absolute Gasteiger partial charge is 0.0920 e. The van der Waals surface area contributed by atoms with Gasteiger partial charge in [-0.15, -0.1) is 6.58 Å². The molecule has 38 heavy (non-hydrogen) atoms. The highest BCUT2D eigenvalue weighted by atomic mass is 15.3. The van der Waals surface area contributed by atoms with Crippen LogP contribution >= 0.6 is 0 Å². The molecule has 5 atom stereocenters. The molecule has 0 bridgehead atoms. The zero-order valence-corrected chi connectivity index (χ0v) is 25.3. The molecule has 1 heterocycles. The van der Waals surface area contributed by atoms with E-state index in [-0.39, 0.29) is 11.5 Å². The molecule has 0 aromatic heterocycles. The van der Waals surface area contributed by atoms with E-state index in [0.717, 1.165) is 50.4 Å². The molecule has 3 nitrogen and oxygen atoms in total. The summed E-state index contributed by atoms with van der Waals surface area (Å²) >= 11 is 0. The van der Waals surface area contributed by atoms with Gasteiger partial charge in [0.15, 0.2) is 0 Å². The maximum absolute atomic E-state index is 4.80. The zero-order valence-electron chi connectivity index (χ0n) is 25.3. The quantitative estimate of drug-likeness (QED) is 0.280. The Bertz CT molecular complexity index is 1060. The van der Waals surface area contributed by atoms with Crippen molar-refractivity contribution in [1.29, 1.82) is 0 Å². The second kappa shape index (κ2) is 10.6. The number of allylic oxidation sites excluding steroid dienone is 1. The second-order valence-corrected chi connectivity index (χ2v) is 14.2. The van der Waals surface area contributed by atoms with Crippen LogP contribution in [0.4, 0.5) is 0 Å². The molecule has 208 valence electrons. The van der Waals surface area contributed by atoms with E-state index in [1.807, 2.05) is 0 Å². The summed E-state index contributed by atoms with van der Waals surface area (Å²) in [5.41, 5.74) is 7.26. The average molecular weight is 516 g/mol. The molecule has 1 saturated carbocycles. The van der Waals surface area contributed by atoms with Gasteiger partial charge in [-0.25, -0.2) is 0 Å². The Balaban J connectivity index is 1.56. The Hall–Kier alpha value is -2.42. The molecule has 5 unspecified atom stereocenters. The topological polar surface area (TPSA) is 27.3 Å². The molecular formula is C35H53N3. The van der Waals surface area contributed by atoms with Crippen LogP contribution in [0.2, 0.25) is 0 Å². The van der Waals surface area contributed by atoms with Crippen molar-refractivity contribution >= 4 is 0 Å². The SMILES string of the molecule is C=C(C)CCC(NC(=C)NC(C(=C)N1CC2C(C1C(=C)CC)C2(C)C)C1Cc2ccccc2C1)C(C)(C)C. The van der Waals surface area contributed by atoms with E-state index < -0.39 is 0 Å². The largest absolute Gasteiger partial charge is 0.369 e. The van der Waals surface area contributed by atoms with E-state index in [0.29, 0.717) is 29.3 Å². The Morgan fingerprint density at radius 3 is 2.18 bits per heavy atom. The Morgan fingerprint density at radius 2 is 1.66 bits per heavy atom. The van der Waals surface area contributed by atoms with Crippen LogP contribution in [0.1, 0.15) is 78.9 Å². The van der Waals surface area contributed by atoms with Crippen molar-refractivity contribution < 1.29 is 0 Å². The minimum Gasteiger partial charge on any atom is -0.369 e. The third kappa shape index (κ3) is 5.63. The van der Waals surface area contributed by atoms with Crippen molar-refractivity contribution in [3.8, 4) is 0 Å². The molecule has 1 aliphatic heterocycles. The van der Waals surface area contributed by atoms with E-state index in [2.05, 4.69) is 108 Å². The van der Waals surface area contributed by atoms with E-state index in [4.69, 9.17) is 6.58 Å². The highest BCUT2D eigenvalue weighted by molar-refractivity contribution is 5.36. The minimum absolute atomic E-state index is 0.113. The predicted octanol–water partition coefficient (Wildman–Crippen LogP) is 7.63. The lowest BCUT2D eigenvalue weighted by molar-refractivity contribution is 0.217. The number of rotatable bonds is 12. The molecule has 0 spiro atoms. The summed E-state index contributed by atoms with van der Waals surface area (Å²) in [4.78, 5) is 2.61. The molecule has 0 radical (unpaired) electrons. The summed E-state index contributed by atoms with van der Waals surface area (Å²) in [7, 11) is 0. The van der Waals surface area contributed by atoms with Crippen LogP contribution in [0, 0.1) is 28.6 Å². The molecule has 1 aromatic rings. The van der Waals surface area contributed by atoms with Gasteiger partial charge in [0, 0.05) is 18.3 Å². The van der Waals surface area contributed by atoms with Crippen LogP contribution < -0.4 is 10.6 Å². The molecule has 2 fully saturated rings. The molecule has 1 saturated heterocycles. The van der Waals surface area contributed by atoms with Gasteiger partial charge in [0.05, 0.1) is 17.9 Å². The van der Waals surface area contributed by atoms with Crippen LogP contribution in [-0.2, 0) is 12.8 Å². The van der Waals surface area contributed by atoms with Crippen LogP contribution in [0.25, 0.3) is 0 Å². The Morgan fingerprint density at radius 1 is 1.05 bits per heavy atom. The maximum atomic E-state index is 4.80. The fourth-order valence-corrected chi connectivity index (χ4v) is 7.29. The number of fused-ring (bicyclic) bond motifs is 2. The molecule has 2 N–H and O–H groups in total. The fraction of sp³-hybridized carbons (Fsp3) is 0.600. The second-order valence-electron chi connectivity index (χ2n) is 14.2. The van der Waals surface area contributed by atoms with Crippen molar-refractivity contribution in [2.75, 3.05) is 6.54 Å². The van der Waals surface area contributed by atoms with Gasteiger partial charge in [-0.3, -0.25) is 0 Å². The zero-order chi connectivity index (χ0) is 28.0. The highest BCUT2D eigenvalue weighted by Crippen LogP contribution is 2.66. The van der Waals surface area contributed by atoms with Gasteiger partial charge in [0.25, 0.3) is 0 Å². The van der Waals surface area contributed by atoms with Gasteiger partial charge >= 0.3 is 0 Å². The maximum Gasteiger partial charge on any atom is 0.0920 e. The first-order chi connectivity index (χ1) is 17.8. The normalized spacial score (nSPS) is 25.2. The van der Waals surface area contributed by atoms with Crippen molar-refractivity contribution in [2.24, 2.45) is 28.6 Å². The van der Waals surface area contributed by atoms with E-state index in [1.165, 1.54) is 28.0 Å². The summed E-state index contributed by atoms with van der Waals surface area (Å²) in [6.07, 6.45) is 5.23. The van der Waals surface area contributed by atoms with Crippen LogP contribution in [-0.4, -0.2) is 29.6 Å². The lowest BCUT2D eigenvalue weighted by atomic mass is 9.83. The van der Waals surface area contributed by atoms with Crippen molar-refractivity contribution in [3.63, 3.8) is 0 Å². The fourth-order valence-electron chi connectivity index (χ4n) is 7.29. The van der Waals surface area contributed by atoms with Gasteiger partial charge in [-0.1, -0.05) is 96.7 Å². The first-order valence-corrected chi connectivity index (χ1v) is 14.8. The summed E-state index contributed by atoms with van der Waals surface area (Å²) in [6, 6.07) is 9.76. The number of piperidine rings is 1. The first-order valence-electron chi connectivity index (χ1n) is 14.8. The summed E-state index contributed by atoms with van der Waals surface area (Å²) < 4.78 is 0. The lowest BCUT2D eigenvalue weighted by Crippen LogP contribution is -2.50. The molecule has 3 aliphatic rings. The third-order valence-electron chi connectivity index (χ3n) is 9.95. The Labute approximate surface area is 233 Å². The van der Waals surface area contributed by atoms with E-state index in [1.54, 1.807) is 0 Å². The predicted molar refractivity (Wildman–Crippen MR) is 164 cm³/mol. The summed E-state index contributed by atoms with van der Waals surface area (Å²) in [5, 5.41) is 7.67. The number of hydrogen-bond acceptors (Lipinski definition) is 3. The number of benzene rings is 1. The molecular weight excluding hydrogens is 462 g/mol. The number of nitrogens with zero attached hydrogens (tertiary/aromatic N) is 1. The molecule has 3 heteroatoms. The standard InChI is InChI=1S/C35H53N3/c1-12-23(4)33-31-29(35(31,10)11)21-38(33)24(5)32(28-19-26-15-13-14-16-27(26)20-28)37-25(6)36-30(34(7,8)9)18-17-22(2)3/h13-16,28-33,36-37H,2,4-6,12,17-21H2,1,3,7-11H3. The number of hydrogen-bond donors (Lipinski definition) is 2.